The molecule has 0 fully saturated rings. The second kappa shape index (κ2) is 8.24. The van der Waals surface area contributed by atoms with Gasteiger partial charge in [-0.05, 0) is 23.8 Å². The molecule has 1 atom stereocenters. The van der Waals surface area contributed by atoms with E-state index in [9.17, 15) is 24.8 Å². The molecule has 1 heterocycles. The number of carbonyl (C=O) groups is 2. The summed E-state index contributed by atoms with van der Waals surface area (Å²) in [5.41, 5.74) is -0.699. The number of nitro benzene ring substituents is 1. The number of methoxy groups -OCH3 is 1. The fourth-order valence-corrected chi connectivity index (χ4v) is 3.94. The van der Waals surface area contributed by atoms with E-state index in [0.717, 1.165) is 11.6 Å². The summed E-state index contributed by atoms with van der Waals surface area (Å²) in [6.07, 6.45) is -0.544. The summed E-state index contributed by atoms with van der Waals surface area (Å²) in [5.74, 6) is -1.19. The first-order chi connectivity index (χ1) is 15.3. The first-order valence-corrected chi connectivity index (χ1v) is 9.88. The minimum atomic E-state index is -2.07. The number of para-hydroxylation sites is 1. The van der Waals surface area contributed by atoms with E-state index in [4.69, 9.17) is 4.74 Å². The number of rotatable bonds is 7. The summed E-state index contributed by atoms with van der Waals surface area (Å²) in [7, 11) is 1.29. The Morgan fingerprint density at radius 3 is 2.47 bits per heavy atom. The highest BCUT2D eigenvalue weighted by atomic mass is 16.6. The van der Waals surface area contributed by atoms with Gasteiger partial charge in [-0.2, -0.15) is 0 Å². The molecule has 3 aromatic rings. The van der Waals surface area contributed by atoms with Crippen molar-refractivity contribution < 1.29 is 24.4 Å². The van der Waals surface area contributed by atoms with Crippen molar-refractivity contribution in [2.45, 2.75) is 18.6 Å². The number of nitro groups is 1. The van der Waals surface area contributed by atoms with Gasteiger partial charge in [0.1, 0.15) is 0 Å². The van der Waals surface area contributed by atoms with Gasteiger partial charge in [0.25, 0.3) is 5.91 Å². The zero-order valence-corrected chi connectivity index (χ0v) is 17.2. The molecule has 1 N–H and O–H groups in total. The third kappa shape index (κ3) is 3.61. The van der Waals surface area contributed by atoms with Gasteiger partial charge in [-0.1, -0.05) is 48.5 Å². The maximum absolute atomic E-state index is 13.3. The highest BCUT2D eigenvalue weighted by Crippen LogP contribution is 2.43. The van der Waals surface area contributed by atoms with Crippen LogP contribution < -0.4 is 9.64 Å². The van der Waals surface area contributed by atoms with Crippen LogP contribution in [0.1, 0.15) is 27.9 Å². The smallest absolute Gasteiger partial charge is 0.311 e. The van der Waals surface area contributed by atoms with Gasteiger partial charge in [0, 0.05) is 17.2 Å². The maximum atomic E-state index is 13.3. The summed E-state index contributed by atoms with van der Waals surface area (Å²) in [6.45, 7) is 0.237. The maximum Gasteiger partial charge on any atom is 0.311 e. The number of anilines is 1. The van der Waals surface area contributed by atoms with Crippen LogP contribution in [0.25, 0.3) is 0 Å². The number of ketones is 1. The van der Waals surface area contributed by atoms with Crippen molar-refractivity contribution in [2.24, 2.45) is 0 Å². The van der Waals surface area contributed by atoms with Crippen LogP contribution in [-0.2, 0) is 16.9 Å². The molecule has 0 saturated heterocycles. The molecule has 0 radical (unpaired) electrons. The molecule has 8 heteroatoms. The molecule has 3 aromatic carbocycles. The summed E-state index contributed by atoms with van der Waals surface area (Å²) >= 11 is 0. The van der Waals surface area contributed by atoms with E-state index in [1.54, 1.807) is 24.3 Å². The van der Waals surface area contributed by atoms with Crippen molar-refractivity contribution in [1.82, 2.24) is 0 Å². The predicted octanol–water partition coefficient (Wildman–Crippen LogP) is 3.61. The Morgan fingerprint density at radius 2 is 1.78 bits per heavy atom. The topological polar surface area (TPSA) is 110 Å². The van der Waals surface area contributed by atoms with Crippen molar-refractivity contribution in [2.75, 3.05) is 12.0 Å². The van der Waals surface area contributed by atoms with Crippen LogP contribution in [0.4, 0.5) is 11.4 Å². The molecule has 8 nitrogen and oxygen atoms in total. The second-order valence-corrected chi connectivity index (χ2v) is 7.50. The number of nitrogens with zero attached hydrogens (tertiary/aromatic N) is 2. The lowest BCUT2D eigenvalue weighted by Crippen LogP contribution is -2.41. The van der Waals surface area contributed by atoms with Crippen LogP contribution in [-0.4, -0.2) is 28.8 Å². The molecule has 0 aromatic heterocycles. The number of benzene rings is 3. The molecule has 0 unspecified atom stereocenters. The number of ether oxygens (including phenoxy) is 1. The van der Waals surface area contributed by atoms with Crippen LogP contribution in [0.5, 0.6) is 5.75 Å². The predicted molar refractivity (Wildman–Crippen MR) is 117 cm³/mol. The van der Waals surface area contributed by atoms with E-state index in [-0.39, 0.29) is 23.5 Å². The molecule has 0 aliphatic carbocycles. The normalized spacial score (nSPS) is 17.2. The Morgan fingerprint density at radius 1 is 1.09 bits per heavy atom. The first kappa shape index (κ1) is 21.2. The fraction of sp³-hybridized carbons (Fsp3) is 0.167. The number of Topliss-reactive ketones (excluding diaryl/α,β-unsaturated/α-hetero) is 1. The zero-order valence-electron chi connectivity index (χ0n) is 17.2. The van der Waals surface area contributed by atoms with Crippen LogP contribution in [0.15, 0.2) is 72.8 Å². The zero-order chi connectivity index (χ0) is 22.9. The Labute approximate surface area is 183 Å². The number of amides is 1. The van der Waals surface area contributed by atoms with E-state index in [1.807, 2.05) is 30.3 Å². The lowest BCUT2D eigenvalue weighted by atomic mass is 9.88. The number of hydrogen-bond donors (Lipinski definition) is 1. The Bertz CT molecular complexity index is 1210. The van der Waals surface area contributed by atoms with Crippen LogP contribution in [0, 0.1) is 10.1 Å². The Kier molecular flexibility index (Phi) is 5.46. The number of fused-ring (bicyclic) bond motifs is 1. The molecule has 4 rings (SSSR count). The third-order valence-electron chi connectivity index (χ3n) is 5.54. The molecule has 1 amide bonds. The van der Waals surface area contributed by atoms with Crippen LogP contribution in [0.3, 0.4) is 0 Å². The lowest BCUT2D eigenvalue weighted by Gasteiger charge is -2.23. The fourth-order valence-electron chi connectivity index (χ4n) is 3.94. The van der Waals surface area contributed by atoms with Crippen LogP contribution >= 0.6 is 0 Å². The van der Waals surface area contributed by atoms with E-state index in [0.29, 0.717) is 11.3 Å². The van der Waals surface area contributed by atoms with Crippen molar-refractivity contribution in [3.8, 4) is 5.75 Å². The minimum absolute atomic E-state index is 0.0118. The molecular formula is C24H20N2O6. The minimum Gasteiger partial charge on any atom is -0.490 e. The van der Waals surface area contributed by atoms with Gasteiger partial charge < -0.3 is 14.7 Å². The second-order valence-electron chi connectivity index (χ2n) is 7.50. The van der Waals surface area contributed by atoms with Crippen molar-refractivity contribution in [3.05, 3.63) is 99.6 Å². The number of carbonyl (C=O) groups excluding carboxylic acids is 2. The van der Waals surface area contributed by atoms with Crippen molar-refractivity contribution in [3.63, 3.8) is 0 Å². The molecule has 0 bridgehead atoms. The van der Waals surface area contributed by atoms with E-state index in [1.165, 1.54) is 24.1 Å². The van der Waals surface area contributed by atoms with Gasteiger partial charge in [0.2, 0.25) is 0 Å². The molecule has 1 aliphatic heterocycles. The molecule has 162 valence electrons. The van der Waals surface area contributed by atoms with E-state index < -0.39 is 28.6 Å². The largest absolute Gasteiger partial charge is 0.490 e. The Hall–Kier alpha value is -4.04. The van der Waals surface area contributed by atoms with Crippen molar-refractivity contribution in [1.29, 1.82) is 0 Å². The quantitative estimate of drug-likeness (QED) is 0.347. The summed E-state index contributed by atoms with van der Waals surface area (Å²) in [4.78, 5) is 38.4. The van der Waals surface area contributed by atoms with E-state index >= 15 is 0 Å². The van der Waals surface area contributed by atoms with Gasteiger partial charge in [0.05, 0.1) is 30.7 Å². The molecule has 32 heavy (non-hydrogen) atoms. The summed E-state index contributed by atoms with van der Waals surface area (Å²) in [6, 6.07) is 19.9. The highest BCUT2D eigenvalue weighted by molar-refractivity contribution is 6.10. The first-order valence-electron chi connectivity index (χ1n) is 9.88. The van der Waals surface area contributed by atoms with Gasteiger partial charge in [-0.25, -0.2) is 0 Å². The molecule has 0 saturated carbocycles. The van der Waals surface area contributed by atoms with Crippen molar-refractivity contribution >= 4 is 23.1 Å². The monoisotopic (exact) mass is 432 g/mol. The summed E-state index contributed by atoms with van der Waals surface area (Å²) in [5, 5.41) is 22.7. The standard InChI is InChI=1S/C24H20N2O6/c1-32-22-12-11-17(13-20(22)26(30)31)21(27)14-24(29)18-9-5-6-10-19(18)25(23(24)28)15-16-7-3-2-4-8-16/h2-13,29H,14-15H2,1H3/t24-/m1/s1. The van der Waals surface area contributed by atoms with Gasteiger partial charge in [-0.15, -0.1) is 0 Å². The number of aliphatic hydroxyl groups is 1. The SMILES string of the molecule is COc1ccc(C(=O)C[C@]2(O)C(=O)N(Cc3ccccc3)c3ccccc32)cc1[N+](=O)[O-]. The van der Waals surface area contributed by atoms with Gasteiger partial charge >= 0.3 is 5.69 Å². The Balaban J connectivity index is 1.67. The molecule has 1 aliphatic rings. The average Bonchev–Trinajstić information content (AvgIpc) is 3.01. The van der Waals surface area contributed by atoms with Gasteiger partial charge in [-0.3, -0.25) is 19.7 Å². The lowest BCUT2D eigenvalue weighted by molar-refractivity contribution is -0.385. The average molecular weight is 432 g/mol. The molecular weight excluding hydrogens is 412 g/mol. The highest BCUT2D eigenvalue weighted by Gasteiger charge is 2.50. The molecule has 0 spiro atoms. The van der Waals surface area contributed by atoms with Crippen LogP contribution in [0.2, 0.25) is 0 Å². The summed E-state index contributed by atoms with van der Waals surface area (Å²) < 4.78 is 4.97. The third-order valence-corrected chi connectivity index (χ3v) is 5.54. The number of hydrogen-bond acceptors (Lipinski definition) is 6. The van der Waals surface area contributed by atoms with E-state index in [2.05, 4.69) is 0 Å². The van der Waals surface area contributed by atoms with Gasteiger partial charge in [0.15, 0.2) is 17.1 Å².